The molecule has 1 aliphatic rings. The molecule has 9 heteroatoms. The topological polar surface area (TPSA) is 108 Å². The number of fused-ring (bicyclic) bond motifs is 1. The van der Waals surface area contributed by atoms with E-state index >= 15 is 0 Å². The summed E-state index contributed by atoms with van der Waals surface area (Å²) in [7, 11) is -1.88. The second-order valence-electron chi connectivity index (χ2n) is 7.04. The molecule has 0 atom stereocenters. The highest BCUT2D eigenvalue weighted by Gasteiger charge is 2.21. The number of aromatic amines is 1. The molecule has 150 valence electrons. The summed E-state index contributed by atoms with van der Waals surface area (Å²) in [5.74, 6) is 0.655. The summed E-state index contributed by atoms with van der Waals surface area (Å²) in [5, 5.41) is 0.0347. The maximum absolute atomic E-state index is 12.4. The molecule has 29 heavy (non-hydrogen) atoms. The zero-order chi connectivity index (χ0) is 20.6. The van der Waals surface area contributed by atoms with E-state index in [1.54, 1.807) is 31.3 Å². The number of amides is 1. The lowest BCUT2D eigenvalue weighted by Gasteiger charge is -2.26. The first kappa shape index (κ1) is 19.3. The maximum atomic E-state index is 12.4. The number of H-pyrrole nitrogens is 1. The standard InChI is InChI=1S/C20H21N5O3S/c1-13-22-12-19(24-13)29(27,28)23-10-14-7-17(11-21-9-14)15-3-5-18-16(8-15)4-6-20(26)25(18)2/h3,5,7-9,11-12,23H,4,6,10H2,1-2H3,(H,22,24). The van der Waals surface area contributed by atoms with Gasteiger partial charge < -0.3 is 9.88 Å². The van der Waals surface area contributed by atoms with Gasteiger partial charge in [-0.2, -0.15) is 0 Å². The van der Waals surface area contributed by atoms with E-state index in [0.29, 0.717) is 18.7 Å². The zero-order valence-corrected chi connectivity index (χ0v) is 17.0. The molecule has 4 rings (SSSR count). The Labute approximate surface area is 169 Å². The Hall–Kier alpha value is -3.04. The Morgan fingerprint density at radius 3 is 2.72 bits per heavy atom. The molecule has 3 heterocycles. The predicted molar refractivity (Wildman–Crippen MR) is 109 cm³/mol. The fourth-order valence-corrected chi connectivity index (χ4v) is 4.35. The highest BCUT2D eigenvalue weighted by Crippen LogP contribution is 2.31. The van der Waals surface area contributed by atoms with Gasteiger partial charge in [0.25, 0.3) is 10.0 Å². The van der Waals surface area contributed by atoms with Crippen molar-refractivity contribution in [2.45, 2.75) is 31.3 Å². The quantitative estimate of drug-likeness (QED) is 0.669. The van der Waals surface area contributed by atoms with Crippen molar-refractivity contribution in [2.75, 3.05) is 11.9 Å². The van der Waals surface area contributed by atoms with Crippen molar-refractivity contribution >= 4 is 21.6 Å². The van der Waals surface area contributed by atoms with Gasteiger partial charge in [-0.25, -0.2) is 18.1 Å². The van der Waals surface area contributed by atoms with Gasteiger partial charge in [0, 0.05) is 43.7 Å². The number of rotatable bonds is 5. The molecule has 0 saturated heterocycles. The normalized spacial score (nSPS) is 14.1. The summed E-state index contributed by atoms with van der Waals surface area (Å²) < 4.78 is 27.3. The van der Waals surface area contributed by atoms with Crippen LogP contribution in [0, 0.1) is 6.92 Å². The van der Waals surface area contributed by atoms with Crippen LogP contribution in [0.3, 0.4) is 0 Å². The van der Waals surface area contributed by atoms with Crippen molar-refractivity contribution < 1.29 is 13.2 Å². The average molecular weight is 411 g/mol. The van der Waals surface area contributed by atoms with Crippen molar-refractivity contribution in [1.82, 2.24) is 19.7 Å². The first-order valence-corrected chi connectivity index (χ1v) is 10.7. The highest BCUT2D eigenvalue weighted by molar-refractivity contribution is 7.89. The number of aryl methyl sites for hydroxylation is 2. The molecule has 0 spiro atoms. The molecular formula is C20H21N5O3S. The lowest BCUT2D eigenvalue weighted by atomic mass is 9.96. The van der Waals surface area contributed by atoms with Crippen molar-refractivity contribution in [3.63, 3.8) is 0 Å². The molecule has 0 unspecified atom stereocenters. The number of pyridine rings is 1. The van der Waals surface area contributed by atoms with Gasteiger partial charge in [0.1, 0.15) is 5.82 Å². The third kappa shape index (κ3) is 3.92. The van der Waals surface area contributed by atoms with Crippen LogP contribution in [0.25, 0.3) is 11.1 Å². The summed E-state index contributed by atoms with van der Waals surface area (Å²) in [4.78, 5) is 24.5. The monoisotopic (exact) mass is 411 g/mol. The van der Waals surface area contributed by atoms with Crippen molar-refractivity contribution in [3.05, 3.63) is 59.8 Å². The number of hydrogen-bond acceptors (Lipinski definition) is 5. The van der Waals surface area contributed by atoms with Crippen LogP contribution in [-0.2, 0) is 27.8 Å². The summed E-state index contributed by atoms with van der Waals surface area (Å²) in [5.41, 5.74) is 4.66. The van der Waals surface area contributed by atoms with E-state index < -0.39 is 10.0 Å². The Kier molecular flexibility index (Phi) is 4.93. The van der Waals surface area contributed by atoms with Crippen LogP contribution in [0.4, 0.5) is 5.69 Å². The first-order chi connectivity index (χ1) is 13.8. The molecule has 0 bridgehead atoms. The van der Waals surface area contributed by atoms with Gasteiger partial charge in [0.2, 0.25) is 5.91 Å². The molecule has 1 aromatic carbocycles. The van der Waals surface area contributed by atoms with Crippen molar-refractivity contribution in [3.8, 4) is 11.1 Å². The van der Waals surface area contributed by atoms with Gasteiger partial charge in [0.15, 0.2) is 5.03 Å². The van der Waals surface area contributed by atoms with Gasteiger partial charge in [-0.3, -0.25) is 9.78 Å². The Morgan fingerprint density at radius 2 is 1.97 bits per heavy atom. The second kappa shape index (κ2) is 7.41. The summed E-state index contributed by atoms with van der Waals surface area (Å²) in [6, 6.07) is 7.87. The van der Waals surface area contributed by atoms with E-state index in [2.05, 4.69) is 25.7 Å². The fraction of sp³-hybridized carbons (Fsp3) is 0.250. The van der Waals surface area contributed by atoms with E-state index in [0.717, 1.165) is 27.9 Å². The molecule has 0 saturated carbocycles. The lowest BCUT2D eigenvalue weighted by molar-refractivity contribution is -0.118. The number of nitrogens with zero attached hydrogens (tertiary/aromatic N) is 3. The third-order valence-electron chi connectivity index (χ3n) is 4.99. The van der Waals surface area contributed by atoms with Crippen LogP contribution >= 0.6 is 0 Å². The van der Waals surface area contributed by atoms with E-state index in [9.17, 15) is 13.2 Å². The number of carbonyl (C=O) groups excluding carboxylic acids is 1. The molecule has 3 aromatic rings. The summed E-state index contributed by atoms with van der Waals surface area (Å²) in [6.07, 6.45) is 5.88. The minimum absolute atomic E-state index is 0.0347. The number of hydrogen-bond donors (Lipinski definition) is 2. The maximum Gasteiger partial charge on any atom is 0.257 e. The van der Waals surface area contributed by atoms with Crippen LogP contribution < -0.4 is 9.62 Å². The number of sulfonamides is 1. The predicted octanol–water partition coefficient (Wildman–Crippen LogP) is 2.17. The summed E-state index contributed by atoms with van der Waals surface area (Å²) >= 11 is 0. The molecule has 0 fully saturated rings. The molecule has 2 N–H and O–H groups in total. The number of carbonyl (C=O) groups is 1. The van der Waals surface area contributed by atoms with Gasteiger partial charge in [0.05, 0.1) is 6.20 Å². The number of nitrogens with one attached hydrogen (secondary N) is 2. The average Bonchev–Trinajstić information content (AvgIpc) is 3.17. The van der Waals surface area contributed by atoms with Crippen LogP contribution in [0.15, 0.2) is 47.9 Å². The Balaban J connectivity index is 1.54. The molecule has 1 aliphatic heterocycles. The van der Waals surface area contributed by atoms with Gasteiger partial charge in [-0.1, -0.05) is 6.07 Å². The van der Waals surface area contributed by atoms with E-state index in [-0.39, 0.29) is 17.5 Å². The third-order valence-corrected chi connectivity index (χ3v) is 6.30. The minimum Gasteiger partial charge on any atom is -0.332 e. The molecule has 1 amide bonds. The van der Waals surface area contributed by atoms with E-state index in [1.165, 1.54) is 6.20 Å². The van der Waals surface area contributed by atoms with Crippen molar-refractivity contribution in [1.29, 1.82) is 0 Å². The number of aromatic nitrogens is 3. The first-order valence-electron chi connectivity index (χ1n) is 9.18. The fourth-order valence-electron chi connectivity index (χ4n) is 3.37. The van der Waals surface area contributed by atoms with Crippen LogP contribution in [-0.4, -0.2) is 36.3 Å². The van der Waals surface area contributed by atoms with Crippen LogP contribution in [0.1, 0.15) is 23.4 Å². The van der Waals surface area contributed by atoms with Crippen LogP contribution in [0.2, 0.25) is 0 Å². The zero-order valence-electron chi connectivity index (χ0n) is 16.1. The van der Waals surface area contributed by atoms with Crippen molar-refractivity contribution in [2.24, 2.45) is 0 Å². The lowest BCUT2D eigenvalue weighted by Crippen LogP contribution is -2.30. The molecule has 0 radical (unpaired) electrons. The van der Waals surface area contributed by atoms with E-state index in [1.807, 2.05) is 18.2 Å². The second-order valence-corrected chi connectivity index (χ2v) is 8.77. The number of imidazole rings is 1. The molecular weight excluding hydrogens is 390 g/mol. The number of anilines is 1. The largest absolute Gasteiger partial charge is 0.332 e. The van der Waals surface area contributed by atoms with Gasteiger partial charge >= 0.3 is 0 Å². The highest BCUT2D eigenvalue weighted by atomic mass is 32.2. The molecule has 0 aliphatic carbocycles. The Morgan fingerprint density at radius 1 is 1.14 bits per heavy atom. The number of benzene rings is 1. The molecule has 8 nitrogen and oxygen atoms in total. The van der Waals surface area contributed by atoms with Crippen LogP contribution in [0.5, 0.6) is 0 Å². The van der Waals surface area contributed by atoms with E-state index in [4.69, 9.17) is 0 Å². The van der Waals surface area contributed by atoms with Gasteiger partial charge in [-0.05, 0) is 48.2 Å². The smallest absolute Gasteiger partial charge is 0.257 e. The summed E-state index contributed by atoms with van der Waals surface area (Å²) in [6.45, 7) is 1.81. The molecule has 2 aromatic heterocycles. The SMILES string of the molecule is Cc1ncc(S(=O)(=O)NCc2cncc(-c3ccc4c(c3)CCC(=O)N4C)c2)[nH]1. The van der Waals surface area contributed by atoms with Gasteiger partial charge in [-0.15, -0.1) is 0 Å². The minimum atomic E-state index is -3.67. The Bertz CT molecular complexity index is 1190.